The third kappa shape index (κ3) is 3.94. The highest BCUT2D eigenvalue weighted by atomic mass is 16.5. The number of ether oxygens (including phenoxy) is 1. The minimum atomic E-state index is -0.115. The summed E-state index contributed by atoms with van der Waals surface area (Å²) in [6.45, 7) is 1.20. The highest BCUT2D eigenvalue weighted by molar-refractivity contribution is 5.99. The smallest absolute Gasteiger partial charge is 0.255 e. The maximum absolute atomic E-state index is 13.0. The van der Waals surface area contributed by atoms with Crippen molar-refractivity contribution in [2.75, 3.05) is 18.5 Å². The first-order valence-electron chi connectivity index (χ1n) is 10.6. The number of nitrogens with zero attached hydrogens (tertiary/aromatic N) is 5. The molecule has 158 valence electrons. The van der Waals surface area contributed by atoms with Crippen LogP contribution in [0.15, 0.2) is 30.7 Å². The van der Waals surface area contributed by atoms with Crippen molar-refractivity contribution in [1.82, 2.24) is 25.1 Å². The molecule has 9 heteroatoms. The Bertz CT molecular complexity index is 1160. The number of fused-ring (bicyclic) bond motifs is 1. The average molecular weight is 417 g/mol. The van der Waals surface area contributed by atoms with Gasteiger partial charge in [-0.1, -0.05) is 19.3 Å². The number of pyridine rings is 2. The first-order valence-corrected chi connectivity index (χ1v) is 10.6. The minimum absolute atomic E-state index is 0.115. The predicted molar refractivity (Wildman–Crippen MR) is 114 cm³/mol. The molecule has 2 fully saturated rings. The summed E-state index contributed by atoms with van der Waals surface area (Å²) >= 11 is 0. The highest BCUT2D eigenvalue weighted by Gasteiger charge is 2.24. The van der Waals surface area contributed by atoms with E-state index in [0.29, 0.717) is 41.5 Å². The van der Waals surface area contributed by atoms with Crippen LogP contribution in [0.5, 0.6) is 0 Å². The van der Waals surface area contributed by atoms with E-state index >= 15 is 0 Å². The first-order chi connectivity index (χ1) is 15.2. The fraction of sp³-hybridized carbons (Fsp3) is 0.409. The molecule has 5 rings (SSSR count). The van der Waals surface area contributed by atoms with Crippen LogP contribution >= 0.6 is 0 Å². The molecule has 0 aromatic carbocycles. The van der Waals surface area contributed by atoms with E-state index in [0.717, 1.165) is 31.1 Å². The molecule has 31 heavy (non-hydrogen) atoms. The van der Waals surface area contributed by atoms with Gasteiger partial charge in [-0.3, -0.25) is 4.79 Å². The SMILES string of the molecule is N#Cc1cnc2c(cnn2-c2cc(NC3COC3)c(C(=O)NC3CCCCC3)cn2)c1. The number of rotatable bonds is 5. The molecule has 1 aliphatic heterocycles. The molecule has 2 N–H and O–H groups in total. The van der Waals surface area contributed by atoms with Gasteiger partial charge in [-0.25, -0.2) is 9.97 Å². The molecule has 0 bridgehead atoms. The maximum atomic E-state index is 13.0. The maximum Gasteiger partial charge on any atom is 0.255 e. The van der Waals surface area contributed by atoms with Gasteiger partial charge in [0.15, 0.2) is 11.5 Å². The molecule has 3 aromatic rings. The van der Waals surface area contributed by atoms with Crippen molar-refractivity contribution in [2.24, 2.45) is 0 Å². The van der Waals surface area contributed by atoms with Gasteiger partial charge in [0.1, 0.15) is 6.07 Å². The second-order valence-electron chi connectivity index (χ2n) is 8.08. The summed E-state index contributed by atoms with van der Waals surface area (Å²) in [4.78, 5) is 21.9. The van der Waals surface area contributed by atoms with E-state index < -0.39 is 0 Å². The Labute approximate surface area is 179 Å². The lowest BCUT2D eigenvalue weighted by molar-refractivity contribution is 0.0210. The van der Waals surface area contributed by atoms with Gasteiger partial charge in [0, 0.05) is 29.9 Å². The number of amides is 1. The summed E-state index contributed by atoms with van der Waals surface area (Å²) in [5, 5.41) is 20.8. The monoisotopic (exact) mass is 417 g/mol. The number of anilines is 1. The molecule has 4 heterocycles. The molecule has 2 aliphatic rings. The highest BCUT2D eigenvalue weighted by Crippen LogP contribution is 2.24. The Hall–Kier alpha value is -3.51. The van der Waals surface area contributed by atoms with Crippen LogP contribution in [0.4, 0.5) is 5.69 Å². The van der Waals surface area contributed by atoms with Crippen molar-refractivity contribution in [3.05, 3.63) is 41.9 Å². The van der Waals surface area contributed by atoms with E-state index in [1.807, 2.05) is 6.07 Å². The van der Waals surface area contributed by atoms with Crippen LogP contribution in [0, 0.1) is 11.3 Å². The number of hydrogen-bond acceptors (Lipinski definition) is 7. The zero-order valence-corrected chi connectivity index (χ0v) is 17.0. The van der Waals surface area contributed by atoms with Crippen molar-refractivity contribution >= 4 is 22.6 Å². The van der Waals surface area contributed by atoms with Crippen molar-refractivity contribution in [1.29, 1.82) is 5.26 Å². The van der Waals surface area contributed by atoms with Crippen LogP contribution in [0.3, 0.4) is 0 Å². The van der Waals surface area contributed by atoms with Crippen molar-refractivity contribution < 1.29 is 9.53 Å². The van der Waals surface area contributed by atoms with Gasteiger partial charge in [0.25, 0.3) is 5.91 Å². The largest absolute Gasteiger partial charge is 0.377 e. The van der Waals surface area contributed by atoms with Crippen molar-refractivity contribution in [2.45, 2.75) is 44.2 Å². The fourth-order valence-corrected chi connectivity index (χ4v) is 4.06. The van der Waals surface area contributed by atoms with Gasteiger partial charge in [0.05, 0.1) is 42.3 Å². The summed E-state index contributed by atoms with van der Waals surface area (Å²) in [5.74, 6) is 0.431. The third-order valence-electron chi connectivity index (χ3n) is 5.83. The third-order valence-corrected chi connectivity index (χ3v) is 5.83. The Kier molecular flexibility index (Phi) is 5.22. The summed E-state index contributed by atoms with van der Waals surface area (Å²) < 4.78 is 6.89. The van der Waals surface area contributed by atoms with Gasteiger partial charge in [0.2, 0.25) is 0 Å². The molecule has 0 unspecified atom stereocenters. The van der Waals surface area contributed by atoms with E-state index in [2.05, 4.69) is 31.8 Å². The lowest BCUT2D eigenvalue weighted by Gasteiger charge is -2.29. The fourth-order valence-electron chi connectivity index (χ4n) is 4.06. The molecule has 1 aliphatic carbocycles. The van der Waals surface area contributed by atoms with Crippen LogP contribution in [0.2, 0.25) is 0 Å². The second-order valence-corrected chi connectivity index (χ2v) is 8.08. The van der Waals surface area contributed by atoms with E-state index in [1.165, 1.54) is 12.6 Å². The Morgan fingerprint density at radius 3 is 2.68 bits per heavy atom. The Morgan fingerprint density at radius 1 is 1.10 bits per heavy atom. The molecular formula is C22H23N7O2. The molecule has 0 spiro atoms. The van der Waals surface area contributed by atoms with Crippen molar-refractivity contribution in [3.8, 4) is 11.9 Å². The second kappa shape index (κ2) is 8.32. The topological polar surface area (TPSA) is 118 Å². The van der Waals surface area contributed by atoms with Crippen molar-refractivity contribution in [3.63, 3.8) is 0 Å². The number of carbonyl (C=O) groups is 1. The lowest BCUT2D eigenvalue weighted by Crippen LogP contribution is -2.41. The number of aromatic nitrogens is 4. The Morgan fingerprint density at radius 2 is 1.94 bits per heavy atom. The summed E-state index contributed by atoms with van der Waals surface area (Å²) in [7, 11) is 0. The van der Waals surface area contributed by atoms with Gasteiger partial charge in [-0.2, -0.15) is 15.0 Å². The normalized spacial score (nSPS) is 17.1. The van der Waals surface area contributed by atoms with Crippen LogP contribution in [-0.2, 0) is 4.74 Å². The number of hydrogen-bond donors (Lipinski definition) is 2. The number of carbonyl (C=O) groups excluding carboxylic acids is 1. The zero-order valence-electron chi connectivity index (χ0n) is 17.0. The van der Waals surface area contributed by atoms with E-state index in [-0.39, 0.29) is 18.0 Å². The van der Waals surface area contributed by atoms with E-state index in [1.54, 1.807) is 23.1 Å². The summed E-state index contributed by atoms with van der Waals surface area (Å²) in [6, 6.07) is 6.01. The van der Waals surface area contributed by atoms with Gasteiger partial charge >= 0.3 is 0 Å². The van der Waals surface area contributed by atoms with Gasteiger partial charge in [-0.15, -0.1) is 0 Å². The van der Waals surface area contributed by atoms with Gasteiger partial charge < -0.3 is 15.4 Å². The quantitative estimate of drug-likeness (QED) is 0.655. The summed E-state index contributed by atoms with van der Waals surface area (Å²) in [5.41, 5.74) is 2.28. The Balaban J connectivity index is 1.47. The molecule has 1 saturated carbocycles. The molecule has 1 saturated heterocycles. The van der Waals surface area contributed by atoms with Crippen LogP contribution in [0.1, 0.15) is 48.0 Å². The zero-order chi connectivity index (χ0) is 21.2. The predicted octanol–water partition coefficient (Wildman–Crippen LogP) is 2.56. The summed E-state index contributed by atoms with van der Waals surface area (Å²) in [6.07, 6.45) is 10.3. The molecular weight excluding hydrogens is 394 g/mol. The molecule has 9 nitrogen and oxygen atoms in total. The number of nitrogens with one attached hydrogen (secondary N) is 2. The van der Waals surface area contributed by atoms with Crippen LogP contribution in [0.25, 0.3) is 16.9 Å². The standard InChI is InChI=1S/C22H23N7O2/c23-8-14-6-15-10-26-29(21(15)25-9-14)20-7-19(27-17-12-31-13-17)18(11-24-20)22(30)28-16-4-2-1-3-5-16/h6-7,9-11,16-17H,1-5,12-13H2,(H,24,27)(H,28,30). The van der Waals surface area contributed by atoms with Crippen LogP contribution < -0.4 is 10.6 Å². The first kappa shape index (κ1) is 19.5. The molecule has 3 aromatic heterocycles. The lowest BCUT2D eigenvalue weighted by atomic mass is 9.95. The average Bonchev–Trinajstić information content (AvgIpc) is 3.20. The van der Waals surface area contributed by atoms with E-state index in [4.69, 9.17) is 10.00 Å². The molecule has 0 radical (unpaired) electrons. The van der Waals surface area contributed by atoms with E-state index in [9.17, 15) is 4.79 Å². The number of nitriles is 1. The molecule has 1 amide bonds. The minimum Gasteiger partial charge on any atom is -0.377 e. The van der Waals surface area contributed by atoms with Gasteiger partial charge in [-0.05, 0) is 18.9 Å². The van der Waals surface area contributed by atoms with Crippen LogP contribution in [-0.4, -0.2) is 51.0 Å². The molecule has 0 atom stereocenters.